The van der Waals surface area contributed by atoms with Crippen molar-refractivity contribution < 1.29 is 58.2 Å². The zero-order chi connectivity index (χ0) is 76.5. The second kappa shape index (κ2) is 66.1. The zero-order valence-electron chi connectivity index (χ0n) is 67.5. The van der Waals surface area contributed by atoms with Crippen molar-refractivity contribution in [1.82, 2.24) is 69.9 Å². The Labute approximate surface area is 656 Å². The number of likely N-dealkylation sites (N-methyl/N-ethyl adjacent to an activating group) is 1. The van der Waals surface area contributed by atoms with Gasteiger partial charge in [-0.3, -0.25) is 14.4 Å². The summed E-state index contributed by atoms with van der Waals surface area (Å²) in [5.74, 6) is 8.94. The van der Waals surface area contributed by atoms with Gasteiger partial charge in [0.25, 0.3) is 5.97 Å². The number of hydrogen-bond acceptors (Lipinski definition) is 28. The number of carboxylic acids is 2. The van der Waals surface area contributed by atoms with E-state index in [4.69, 9.17) is 61.5 Å². The molecular formula is C67H142B2N21O12P5. The van der Waals surface area contributed by atoms with E-state index in [0.29, 0.717) is 53.0 Å². The van der Waals surface area contributed by atoms with Gasteiger partial charge in [0.05, 0.1) is 23.8 Å². The molecule has 0 saturated carbocycles. The number of primary amides is 1. The number of rotatable bonds is 9. The zero-order valence-corrected chi connectivity index (χ0v) is 74.5. The number of aliphatic carboxylic acids is 2. The average molecular weight is 1610 g/mol. The molecule has 11 rings (SSSR count). The van der Waals surface area contributed by atoms with Crippen molar-refractivity contribution >= 4 is 99.7 Å². The summed E-state index contributed by atoms with van der Waals surface area (Å²) in [5.41, 5.74) is 16.4. The number of oxime groups is 2. The minimum absolute atomic E-state index is 0. The Kier molecular flexibility index (Phi) is 68.5. The van der Waals surface area contributed by atoms with E-state index in [0.717, 1.165) is 180 Å². The Morgan fingerprint density at radius 1 is 0.523 bits per heavy atom. The summed E-state index contributed by atoms with van der Waals surface area (Å²) in [6.45, 7) is 30.3. The van der Waals surface area contributed by atoms with Crippen LogP contribution >= 0.6 is 49.5 Å². The van der Waals surface area contributed by atoms with Crippen LogP contribution in [-0.4, -0.2) is 282 Å². The minimum atomic E-state index is -0.833. The first kappa shape index (κ1) is 111. The molecule has 0 spiro atoms. The van der Waals surface area contributed by atoms with Gasteiger partial charge in [-0.1, -0.05) is 46.3 Å². The van der Waals surface area contributed by atoms with Gasteiger partial charge in [-0.05, 0) is 204 Å². The Morgan fingerprint density at radius 3 is 1.19 bits per heavy atom. The number of hydrogen-bond donors (Lipinski definition) is 9. The van der Waals surface area contributed by atoms with Crippen molar-refractivity contribution in [3.8, 4) is 6.07 Å². The van der Waals surface area contributed by atoms with E-state index >= 15 is 0 Å². The second-order valence-corrected chi connectivity index (χ2v) is 27.3. The summed E-state index contributed by atoms with van der Waals surface area (Å²) in [6, 6.07) is 2.29. The number of aromatic nitrogens is 6. The van der Waals surface area contributed by atoms with E-state index in [1.165, 1.54) is 58.4 Å². The molecule has 107 heavy (non-hydrogen) atoms. The van der Waals surface area contributed by atoms with Crippen LogP contribution in [0.2, 0.25) is 20.5 Å². The van der Waals surface area contributed by atoms with Crippen LogP contribution in [0.4, 0.5) is 0 Å². The molecule has 0 aromatic carbocycles. The van der Waals surface area contributed by atoms with E-state index < -0.39 is 17.9 Å². The van der Waals surface area contributed by atoms with Gasteiger partial charge in [0.15, 0.2) is 17.5 Å². The first-order valence-electron chi connectivity index (χ1n) is 36.0. The van der Waals surface area contributed by atoms with Crippen molar-refractivity contribution in [2.24, 2.45) is 63.0 Å². The Balaban J connectivity index is -0.000000363. The summed E-state index contributed by atoms with van der Waals surface area (Å²) >= 11 is 0. The Morgan fingerprint density at radius 2 is 0.869 bits per heavy atom. The first-order valence-corrected chi connectivity index (χ1v) is 36.0. The van der Waals surface area contributed by atoms with Gasteiger partial charge in [-0.15, -0.1) is 0 Å². The number of nitriles is 1. The van der Waals surface area contributed by atoms with Crippen LogP contribution in [0, 0.1) is 61.7 Å². The molecule has 13 atom stereocenters. The fraction of sp³-hybridized carbons (Fsp3) is 0.806. The molecule has 40 heteroatoms. The number of carbonyl (C=O) groups is 4. The molecule has 1 amide bonds. The standard InChI is InChI=1S/C9H15BN3O.C9H17N3O2.C9H15N3O.C8H13N3O.C7H15N3O.C7H14N2O.C7H12N2.C7H13NO2.C2H6B.C2H4O2.H3NO.5H3P/c1-7-11-9(12-14-7)8-4-3-5-13(6-8)10-2;1-7(13)14-11-9(10)8-4-3-5-12(2)6-8;1-7-10-9(11-13-7)8-4-3-5-12(2)6-8;1-6-10-8(11-12-6)7-3-2-4-9-5-7;1-10-4-2-3-6(5-10)7(8)9-11;1-9-4-2-3-6(5-9)7(8)10;1-9-4-2-3-7(5-8)6-9;1-8-4-2-3-6(5-8)7(9)10;1-3-2;1-2(3)4;1-2;;;;;/h8H,3-6H2,1-2H3;8H,3-6H2,1-2H3,(H2,10,11);8H,3-6H2,1-2H3;7,9H,2-5H2,1H3;6,11H,2-5H2,1H3,(H2,8,9);6H,2-5H2,1H3,(H2,8,10);7H,2-4,6H2,1H3;6H,2-5H2,1H3,(H,9,10);1-2H3;1H3,(H,3,4);2H,1H2;5*1H3. The lowest BCUT2D eigenvalue weighted by Gasteiger charge is -2.29. The lowest BCUT2D eigenvalue weighted by molar-refractivity contribution is -0.143. The molecule has 618 valence electrons. The summed E-state index contributed by atoms with van der Waals surface area (Å²) < 4.78 is 14.9. The van der Waals surface area contributed by atoms with Crippen LogP contribution < -0.4 is 28.4 Å². The van der Waals surface area contributed by atoms with Gasteiger partial charge < -0.3 is 95.8 Å². The predicted molar refractivity (Wildman–Crippen MR) is 449 cm³/mol. The fourth-order valence-corrected chi connectivity index (χ4v) is 12.5. The lowest BCUT2D eigenvalue weighted by atomic mass is 9.87. The number of nitrogens with two attached hydrogens (primary N) is 4. The Bertz CT molecular complexity index is 2820. The molecule has 8 aliphatic rings. The molecule has 3 aromatic heterocycles. The van der Waals surface area contributed by atoms with Gasteiger partial charge in [-0.25, -0.2) is 10.7 Å². The van der Waals surface area contributed by atoms with Crippen molar-refractivity contribution in [1.29, 1.82) is 5.26 Å². The number of nitrogens with zero attached hydrogens (tertiary/aromatic N) is 16. The van der Waals surface area contributed by atoms with Crippen LogP contribution in [-0.2, 0) is 24.0 Å². The van der Waals surface area contributed by atoms with Gasteiger partial charge in [0.1, 0.15) is 19.0 Å². The smallest absolute Gasteiger partial charge is 0.332 e. The third-order valence-corrected chi connectivity index (χ3v) is 17.8. The first-order chi connectivity index (χ1) is 48.6. The van der Waals surface area contributed by atoms with E-state index in [2.05, 4.69) is 132 Å². The lowest BCUT2D eigenvalue weighted by Crippen LogP contribution is -2.39. The fourth-order valence-electron chi connectivity index (χ4n) is 12.5. The van der Waals surface area contributed by atoms with Gasteiger partial charge >= 0.3 is 11.9 Å². The molecule has 8 fully saturated rings. The quantitative estimate of drug-likeness (QED) is 0.0257. The number of piperidine rings is 8. The molecule has 8 aliphatic heterocycles. The minimum Gasteiger partial charge on any atom is -0.481 e. The molecular weight excluding hydrogens is 1470 g/mol. The van der Waals surface area contributed by atoms with Crippen LogP contribution in [0.5, 0.6) is 0 Å². The number of aryl methyl sites for hydroxylation is 3. The summed E-state index contributed by atoms with van der Waals surface area (Å²) in [5, 5.41) is 61.3. The highest BCUT2D eigenvalue weighted by atomic mass is 31.0. The maximum Gasteiger partial charge on any atom is 0.332 e. The van der Waals surface area contributed by atoms with Crippen LogP contribution in [0.25, 0.3) is 0 Å². The van der Waals surface area contributed by atoms with E-state index in [9.17, 15) is 14.4 Å². The molecule has 2 radical (unpaired) electrons. The maximum atomic E-state index is 10.7. The number of amides is 1. The molecule has 8 saturated heterocycles. The molecule has 13 N–H and O–H groups in total. The number of nitrogens with one attached hydrogen (secondary N) is 1. The van der Waals surface area contributed by atoms with E-state index in [1.54, 1.807) is 0 Å². The van der Waals surface area contributed by atoms with E-state index in [-0.39, 0.29) is 79.1 Å². The van der Waals surface area contributed by atoms with Gasteiger partial charge in [0, 0.05) is 110 Å². The number of amidine groups is 2. The van der Waals surface area contributed by atoms with Gasteiger partial charge in [-0.2, -0.15) is 69.7 Å². The second-order valence-electron chi connectivity index (χ2n) is 27.3. The normalized spacial score (nSPS) is 23.2. The average Bonchev–Trinajstić information content (AvgIpc) is 1.75. The number of carboxylic acid groups (broad SMARTS) is 2. The highest BCUT2D eigenvalue weighted by Crippen LogP contribution is 2.26. The van der Waals surface area contributed by atoms with Crippen molar-refractivity contribution in [2.45, 2.75) is 176 Å². The SMILES string of the molecule is CC(=O)O.CC(=O)O/N=C(/N)C1CCCN(C)C1.CN1CCCC(/C(N)=N/O)C1.CN1CCCC(C#N)C1.CN1CCCC(C(=O)O)C1.CN1CCCC(C(N)=O)C1.C[B]C.C[B]N1CCCC(c2noc(C)n2)C1.Cc1nc(C2CCCN(C)C2)no1.Cc1nc(C2CCCNC2)no1.NO.P.P.P.P.P. The summed E-state index contributed by atoms with van der Waals surface area (Å²) in [6.07, 6.45) is 17.7. The molecule has 11 heterocycles. The third-order valence-electron chi connectivity index (χ3n) is 17.8. The van der Waals surface area contributed by atoms with Crippen LogP contribution in [0.15, 0.2) is 23.9 Å². The van der Waals surface area contributed by atoms with Crippen molar-refractivity contribution in [3.63, 3.8) is 0 Å². The molecule has 33 nitrogen and oxygen atoms in total. The number of likely N-dealkylation sites (tertiary alicyclic amines) is 6. The molecule has 0 aliphatic carbocycles. The largest absolute Gasteiger partial charge is 0.481 e. The van der Waals surface area contributed by atoms with Crippen molar-refractivity contribution in [3.05, 3.63) is 35.1 Å². The van der Waals surface area contributed by atoms with Crippen LogP contribution in [0.3, 0.4) is 0 Å². The van der Waals surface area contributed by atoms with Crippen molar-refractivity contribution in [2.75, 3.05) is 147 Å². The topological polar surface area (TPSA) is 462 Å². The summed E-state index contributed by atoms with van der Waals surface area (Å²) in [4.78, 5) is 73.4. The Hall–Kier alpha value is -4.59. The number of carbonyl (C=O) groups excluding carboxylic acids is 2. The van der Waals surface area contributed by atoms with E-state index in [1.807, 2.05) is 62.8 Å². The summed E-state index contributed by atoms with van der Waals surface area (Å²) in [7, 11) is 16.4. The third kappa shape index (κ3) is 51.6. The molecule has 3 aromatic rings. The van der Waals surface area contributed by atoms with Gasteiger partial charge in [0.2, 0.25) is 31.0 Å². The van der Waals surface area contributed by atoms with Crippen LogP contribution in [0.1, 0.15) is 169 Å². The maximum absolute atomic E-state index is 10.7. The highest BCUT2D eigenvalue weighted by molar-refractivity contribution is 6.92. The molecule has 13 unspecified atom stereocenters. The molecule has 0 bridgehead atoms. The monoisotopic (exact) mass is 1610 g/mol. The highest BCUT2D eigenvalue weighted by Gasteiger charge is 2.28. The predicted octanol–water partition coefficient (Wildman–Crippen LogP) is 5.08.